The SMILES string of the molecule is Fc1ccn2nc(-c3cncnc3)nc(Oc3ccccc3)c12. The number of benzene rings is 1. The molecule has 0 aliphatic carbocycles. The smallest absolute Gasteiger partial charge is 0.250 e. The highest BCUT2D eigenvalue weighted by atomic mass is 19.1. The van der Waals surface area contributed by atoms with Crippen LogP contribution in [0.25, 0.3) is 16.9 Å². The Morgan fingerprint density at radius 3 is 2.57 bits per heavy atom. The topological polar surface area (TPSA) is 65.2 Å². The minimum Gasteiger partial charge on any atom is -0.437 e. The lowest BCUT2D eigenvalue weighted by molar-refractivity contribution is 0.461. The van der Waals surface area contributed by atoms with Gasteiger partial charge in [-0.15, -0.1) is 5.10 Å². The Bertz CT molecular complexity index is 956. The van der Waals surface area contributed by atoms with E-state index in [1.807, 2.05) is 18.2 Å². The minimum absolute atomic E-state index is 0.132. The first kappa shape index (κ1) is 13.3. The van der Waals surface area contributed by atoms with Crippen LogP contribution in [0.5, 0.6) is 11.6 Å². The monoisotopic (exact) mass is 307 g/mol. The first-order chi connectivity index (χ1) is 11.3. The standard InChI is InChI=1S/C16H10FN5O/c17-13-6-7-22-14(13)16(23-12-4-2-1-3-5-12)20-15(21-22)11-8-18-10-19-9-11/h1-10H. The van der Waals surface area contributed by atoms with Gasteiger partial charge in [0.1, 0.15) is 12.1 Å². The van der Waals surface area contributed by atoms with Crippen LogP contribution < -0.4 is 4.74 Å². The number of nitrogens with zero attached hydrogens (tertiary/aromatic N) is 5. The molecule has 0 fully saturated rings. The van der Waals surface area contributed by atoms with Crippen LogP contribution in [0.2, 0.25) is 0 Å². The Balaban J connectivity index is 1.88. The van der Waals surface area contributed by atoms with E-state index in [0.29, 0.717) is 17.1 Å². The van der Waals surface area contributed by atoms with E-state index >= 15 is 0 Å². The van der Waals surface area contributed by atoms with Crippen molar-refractivity contribution >= 4 is 5.52 Å². The molecule has 3 heterocycles. The molecular formula is C16H10FN5O. The third kappa shape index (κ3) is 2.48. The zero-order valence-electron chi connectivity index (χ0n) is 11.8. The van der Waals surface area contributed by atoms with E-state index < -0.39 is 5.82 Å². The summed E-state index contributed by atoms with van der Waals surface area (Å²) in [5.74, 6) is 0.586. The summed E-state index contributed by atoms with van der Waals surface area (Å²) in [6.45, 7) is 0. The average Bonchev–Trinajstić information content (AvgIpc) is 2.98. The highest BCUT2D eigenvalue weighted by Gasteiger charge is 2.16. The number of hydrogen-bond donors (Lipinski definition) is 0. The highest BCUT2D eigenvalue weighted by Crippen LogP contribution is 2.28. The molecule has 3 aromatic heterocycles. The van der Waals surface area contributed by atoms with Crippen molar-refractivity contribution in [3.8, 4) is 23.0 Å². The molecule has 0 atom stereocenters. The largest absolute Gasteiger partial charge is 0.437 e. The van der Waals surface area contributed by atoms with E-state index in [1.165, 1.54) is 23.1 Å². The summed E-state index contributed by atoms with van der Waals surface area (Å²) in [5.41, 5.74) is 0.788. The second kappa shape index (κ2) is 5.45. The molecule has 0 aliphatic heterocycles. The van der Waals surface area contributed by atoms with Crippen molar-refractivity contribution in [3.63, 3.8) is 0 Å². The summed E-state index contributed by atoms with van der Waals surface area (Å²) >= 11 is 0. The maximum atomic E-state index is 14.0. The lowest BCUT2D eigenvalue weighted by Gasteiger charge is -2.08. The van der Waals surface area contributed by atoms with Crippen LogP contribution in [0.3, 0.4) is 0 Å². The molecule has 1 aromatic carbocycles. The van der Waals surface area contributed by atoms with Crippen molar-refractivity contribution in [2.45, 2.75) is 0 Å². The summed E-state index contributed by atoms with van der Waals surface area (Å²) in [6.07, 6.45) is 6.09. The fourth-order valence-electron chi connectivity index (χ4n) is 2.16. The molecule has 0 spiro atoms. The second-order valence-corrected chi connectivity index (χ2v) is 4.74. The Hall–Kier alpha value is -3.35. The van der Waals surface area contributed by atoms with Crippen molar-refractivity contribution in [1.29, 1.82) is 0 Å². The average molecular weight is 307 g/mol. The number of aromatic nitrogens is 5. The first-order valence-corrected chi connectivity index (χ1v) is 6.84. The molecule has 0 N–H and O–H groups in total. The third-order valence-electron chi connectivity index (χ3n) is 3.21. The van der Waals surface area contributed by atoms with E-state index in [1.54, 1.807) is 24.5 Å². The molecule has 6 nitrogen and oxygen atoms in total. The summed E-state index contributed by atoms with van der Waals surface area (Å²) in [4.78, 5) is 12.2. The van der Waals surface area contributed by atoms with Crippen LogP contribution in [0.4, 0.5) is 4.39 Å². The van der Waals surface area contributed by atoms with Crippen LogP contribution in [0.1, 0.15) is 0 Å². The van der Waals surface area contributed by atoms with Crippen molar-refractivity contribution in [2.75, 3.05) is 0 Å². The van der Waals surface area contributed by atoms with Gasteiger partial charge in [0.05, 0.1) is 5.56 Å². The second-order valence-electron chi connectivity index (χ2n) is 4.74. The number of fused-ring (bicyclic) bond motifs is 1. The van der Waals surface area contributed by atoms with Crippen molar-refractivity contribution < 1.29 is 9.13 Å². The molecule has 7 heteroatoms. The van der Waals surface area contributed by atoms with Crippen molar-refractivity contribution in [2.24, 2.45) is 0 Å². The Labute approximate surface area is 130 Å². The fourth-order valence-corrected chi connectivity index (χ4v) is 2.16. The summed E-state index contributed by atoms with van der Waals surface area (Å²) < 4.78 is 21.2. The number of para-hydroxylation sites is 1. The molecule has 4 aromatic rings. The number of rotatable bonds is 3. The zero-order valence-corrected chi connectivity index (χ0v) is 11.8. The van der Waals surface area contributed by atoms with Gasteiger partial charge in [-0.05, 0) is 18.2 Å². The number of ether oxygens (including phenoxy) is 1. The molecule has 0 aliphatic rings. The normalized spacial score (nSPS) is 10.8. The molecule has 0 unspecified atom stereocenters. The van der Waals surface area contributed by atoms with E-state index in [0.717, 1.165) is 0 Å². The maximum absolute atomic E-state index is 14.0. The molecular weight excluding hydrogens is 297 g/mol. The maximum Gasteiger partial charge on any atom is 0.250 e. The summed E-state index contributed by atoms with van der Waals surface area (Å²) in [5, 5.41) is 4.27. The van der Waals surface area contributed by atoms with E-state index in [2.05, 4.69) is 20.1 Å². The molecule has 0 saturated heterocycles. The van der Waals surface area contributed by atoms with Gasteiger partial charge in [-0.1, -0.05) is 18.2 Å². The van der Waals surface area contributed by atoms with Gasteiger partial charge in [0, 0.05) is 18.6 Å². The van der Waals surface area contributed by atoms with Crippen LogP contribution in [-0.2, 0) is 0 Å². The van der Waals surface area contributed by atoms with Gasteiger partial charge in [-0.25, -0.2) is 18.9 Å². The van der Waals surface area contributed by atoms with Gasteiger partial charge in [0.25, 0.3) is 5.88 Å². The quantitative estimate of drug-likeness (QED) is 0.582. The molecule has 112 valence electrons. The van der Waals surface area contributed by atoms with Gasteiger partial charge >= 0.3 is 0 Å². The Kier molecular flexibility index (Phi) is 3.16. The number of hydrogen-bond acceptors (Lipinski definition) is 5. The molecule has 0 amide bonds. The van der Waals surface area contributed by atoms with Crippen molar-refractivity contribution in [1.82, 2.24) is 24.6 Å². The van der Waals surface area contributed by atoms with Crippen LogP contribution >= 0.6 is 0 Å². The summed E-state index contributed by atoms with van der Waals surface area (Å²) in [6, 6.07) is 10.4. The van der Waals surface area contributed by atoms with E-state index in [4.69, 9.17) is 4.74 Å². The van der Waals surface area contributed by atoms with Gasteiger partial charge in [0.15, 0.2) is 17.2 Å². The molecule has 4 rings (SSSR count). The van der Waals surface area contributed by atoms with Crippen LogP contribution in [0, 0.1) is 5.82 Å². The Morgan fingerprint density at radius 1 is 1.00 bits per heavy atom. The van der Waals surface area contributed by atoms with Gasteiger partial charge in [-0.2, -0.15) is 4.98 Å². The molecule has 0 saturated carbocycles. The third-order valence-corrected chi connectivity index (χ3v) is 3.21. The molecule has 0 bridgehead atoms. The van der Waals surface area contributed by atoms with Gasteiger partial charge in [0.2, 0.25) is 0 Å². The Morgan fingerprint density at radius 2 is 1.78 bits per heavy atom. The van der Waals surface area contributed by atoms with Crippen LogP contribution in [-0.4, -0.2) is 24.6 Å². The molecule has 0 radical (unpaired) electrons. The van der Waals surface area contributed by atoms with Crippen LogP contribution in [0.15, 0.2) is 61.3 Å². The van der Waals surface area contributed by atoms with Crippen molar-refractivity contribution in [3.05, 3.63) is 67.1 Å². The predicted molar refractivity (Wildman–Crippen MR) is 80.5 cm³/mol. The number of halogens is 1. The lowest BCUT2D eigenvalue weighted by Crippen LogP contribution is -2.02. The van der Waals surface area contributed by atoms with Gasteiger partial charge < -0.3 is 4.74 Å². The lowest BCUT2D eigenvalue weighted by atomic mass is 10.3. The first-order valence-electron chi connectivity index (χ1n) is 6.84. The molecule has 23 heavy (non-hydrogen) atoms. The zero-order chi connectivity index (χ0) is 15.6. The fraction of sp³-hybridized carbons (Fsp3) is 0. The highest BCUT2D eigenvalue weighted by molar-refractivity contribution is 5.62. The predicted octanol–water partition coefficient (Wildman–Crippen LogP) is 3.12. The minimum atomic E-state index is -0.452. The van der Waals surface area contributed by atoms with Gasteiger partial charge in [-0.3, -0.25) is 0 Å². The van der Waals surface area contributed by atoms with E-state index in [9.17, 15) is 4.39 Å². The van der Waals surface area contributed by atoms with E-state index in [-0.39, 0.29) is 11.4 Å². The summed E-state index contributed by atoms with van der Waals surface area (Å²) in [7, 11) is 0.